The minimum absolute atomic E-state index is 0.240. The van der Waals surface area contributed by atoms with Crippen LogP contribution in [-0.2, 0) is 19.7 Å². The lowest BCUT2D eigenvalue weighted by molar-refractivity contribution is -0.138. The highest BCUT2D eigenvalue weighted by atomic mass is 32.2. The van der Waals surface area contributed by atoms with Crippen molar-refractivity contribution < 1.29 is 22.6 Å². The Morgan fingerprint density at radius 3 is 2.41 bits per heavy atom. The third kappa shape index (κ3) is 3.50. The molecule has 1 saturated heterocycles. The first-order valence-electron chi connectivity index (χ1n) is 5.68. The lowest BCUT2D eigenvalue weighted by Crippen LogP contribution is -2.35. The third-order valence-corrected chi connectivity index (χ3v) is 3.88. The van der Waals surface area contributed by atoms with Crippen LogP contribution in [0.25, 0.3) is 0 Å². The van der Waals surface area contributed by atoms with Crippen molar-refractivity contribution in [3.63, 3.8) is 0 Å². The average Bonchev–Trinajstić information content (AvgIpc) is 2.50. The summed E-state index contributed by atoms with van der Waals surface area (Å²) in [6.45, 7) is 2.28. The van der Waals surface area contributed by atoms with Crippen LogP contribution in [0.15, 0.2) is 0 Å². The number of amides is 2. The molecule has 0 aromatic rings. The number of likely N-dealkylation sites (tertiary alicyclic amines) is 1. The number of imide groups is 1. The predicted octanol–water partition coefficient (Wildman–Crippen LogP) is 0.582. The fourth-order valence-corrected chi connectivity index (χ4v) is 2.55. The molecule has 0 spiro atoms. The van der Waals surface area contributed by atoms with Crippen LogP contribution in [-0.4, -0.2) is 41.5 Å². The molecule has 0 aromatic carbocycles. The summed E-state index contributed by atoms with van der Waals surface area (Å²) in [5.41, 5.74) is 0. The number of carbonyl (C=O) groups is 2. The second kappa shape index (κ2) is 5.59. The van der Waals surface area contributed by atoms with Crippen LogP contribution in [0.1, 0.15) is 39.0 Å². The van der Waals surface area contributed by atoms with Crippen molar-refractivity contribution in [1.82, 2.24) is 4.90 Å². The lowest BCUT2D eigenvalue weighted by Gasteiger charge is -2.13. The van der Waals surface area contributed by atoms with E-state index in [0.29, 0.717) is 6.42 Å². The molecule has 2 amide bonds. The zero-order valence-electron chi connectivity index (χ0n) is 9.76. The molecular weight excluding hydrogens is 246 g/mol. The summed E-state index contributed by atoms with van der Waals surface area (Å²) in [7, 11) is -4.46. The molecular formula is C10H17NO5S. The Morgan fingerprint density at radius 2 is 1.94 bits per heavy atom. The van der Waals surface area contributed by atoms with E-state index in [2.05, 4.69) is 0 Å². The number of hydrogen-bond acceptors (Lipinski definition) is 4. The van der Waals surface area contributed by atoms with Gasteiger partial charge < -0.3 is 0 Å². The van der Waals surface area contributed by atoms with Crippen molar-refractivity contribution in [2.24, 2.45) is 0 Å². The van der Waals surface area contributed by atoms with Crippen molar-refractivity contribution >= 4 is 21.9 Å². The van der Waals surface area contributed by atoms with E-state index in [0.717, 1.165) is 24.2 Å². The van der Waals surface area contributed by atoms with Gasteiger partial charge in [0.25, 0.3) is 16.0 Å². The number of hydrogen-bond donors (Lipinski definition) is 1. The topological polar surface area (TPSA) is 91.8 Å². The van der Waals surface area contributed by atoms with Crippen molar-refractivity contribution in [2.75, 3.05) is 6.54 Å². The van der Waals surface area contributed by atoms with Crippen LogP contribution in [0.3, 0.4) is 0 Å². The van der Waals surface area contributed by atoms with Crippen LogP contribution in [0.4, 0.5) is 0 Å². The first-order valence-corrected chi connectivity index (χ1v) is 7.18. The molecule has 1 rings (SSSR count). The SMILES string of the molecule is CCCCCCN1C(=O)CC(S(=O)(=O)O)C1=O. The summed E-state index contributed by atoms with van der Waals surface area (Å²) < 4.78 is 30.5. The Bertz CT molecular complexity index is 403. The molecule has 7 heteroatoms. The first kappa shape index (κ1) is 14.1. The van der Waals surface area contributed by atoms with Crippen molar-refractivity contribution in [1.29, 1.82) is 0 Å². The summed E-state index contributed by atoms with van der Waals surface area (Å²) in [5, 5.41) is -1.60. The molecule has 1 unspecified atom stereocenters. The van der Waals surface area contributed by atoms with E-state index < -0.39 is 33.6 Å². The van der Waals surface area contributed by atoms with Crippen molar-refractivity contribution in [2.45, 2.75) is 44.3 Å². The minimum atomic E-state index is -4.46. The highest BCUT2D eigenvalue weighted by Gasteiger charge is 2.45. The molecule has 17 heavy (non-hydrogen) atoms. The van der Waals surface area contributed by atoms with E-state index in [4.69, 9.17) is 4.55 Å². The van der Waals surface area contributed by atoms with Crippen LogP contribution in [0.2, 0.25) is 0 Å². The van der Waals surface area contributed by atoms with Gasteiger partial charge in [-0.3, -0.25) is 19.0 Å². The molecule has 6 nitrogen and oxygen atoms in total. The second-order valence-electron chi connectivity index (χ2n) is 4.15. The Kier molecular flexibility index (Phi) is 4.64. The molecule has 1 aliphatic rings. The summed E-state index contributed by atoms with van der Waals surface area (Å²) in [6.07, 6.45) is 3.17. The van der Waals surface area contributed by atoms with Gasteiger partial charge in [-0.05, 0) is 6.42 Å². The van der Waals surface area contributed by atoms with E-state index in [-0.39, 0.29) is 6.54 Å². The van der Waals surface area contributed by atoms with Gasteiger partial charge in [-0.2, -0.15) is 8.42 Å². The van der Waals surface area contributed by atoms with Gasteiger partial charge in [0.05, 0.1) is 6.42 Å². The molecule has 1 atom stereocenters. The molecule has 0 radical (unpaired) electrons. The van der Waals surface area contributed by atoms with Crippen LogP contribution in [0, 0.1) is 0 Å². The van der Waals surface area contributed by atoms with Crippen LogP contribution >= 0.6 is 0 Å². The molecule has 98 valence electrons. The molecule has 1 aliphatic heterocycles. The number of rotatable bonds is 6. The highest BCUT2D eigenvalue weighted by molar-refractivity contribution is 7.87. The maximum absolute atomic E-state index is 11.6. The largest absolute Gasteiger partial charge is 0.285 e. The fourth-order valence-electron chi connectivity index (χ4n) is 1.82. The first-order chi connectivity index (χ1) is 7.88. The molecule has 0 saturated carbocycles. The molecule has 1 fully saturated rings. The normalized spacial score (nSPS) is 21.3. The van der Waals surface area contributed by atoms with Crippen LogP contribution in [0.5, 0.6) is 0 Å². The van der Waals surface area contributed by atoms with Gasteiger partial charge in [-0.1, -0.05) is 26.2 Å². The van der Waals surface area contributed by atoms with Crippen molar-refractivity contribution in [3.05, 3.63) is 0 Å². The third-order valence-electron chi connectivity index (χ3n) is 2.80. The second-order valence-corrected chi connectivity index (χ2v) is 5.75. The minimum Gasteiger partial charge on any atom is -0.285 e. The smallest absolute Gasteiger partial charge is 0.277 e. The van der Waals surface area contributed by atoms with Gasteiger partial charge in [0.1, 0.15) is 0 Å². The molecule has 0 bridgehead atoms. The van der Waals surface area contributed by atoms with E-state index in [1.165, 1.54) is 0 Å². The van der Waals surface area contributed by atoms with Crippen LogP contribution < -0.4 is 0 Å². The summed E-state index contributed by atoms with van der Waals surface area (Å²) in [5.74, 6) is -1.32. The van der Waals surface area contributed by atoms with Gasteiger partial charge in [-0.15, -0.1) is 0 Å². The van der Waals surface area contributed by atoms with E-state index in [1.54, 1.807) is 0 Å². The summed E-state index contributed by atoms with van der Waals surface area (Å²) in [6, 6.07) is 0. The monoisotopic (exact) mass is 263 g/mol. The molecule has 0 aliphatic carbocycles. The van der Waals surface area contributed by atoms with Gasteiger partial charge >= 0.3 is 0 Å². The summed E-state index contributed by atoms with van der Waals surface area (Å²) >= 11 is 0. The fraction of sp³-hybridized carbons (Fsp3) is 0.800. The van der Waals surface area contributed by atoms with E-state index in [9.17, 15) is 18.0 Å². The highest BCUT2D eigenvalue weighted by Crippen LogP contribution is 2.19. The molecule has 1 N–H and O–H groups in total. The Morgan fingerprint density at radius 1 is 1.29 bits per heavy atom. The van der Waals surface area contributed by atoms with Gasteiger partial charge in [0, 0.05) is 6.54 Å². The molecule has 1 heterocycles. The predicted molar refractivity (Wildman–Crippen MR) is 60.8 cm³/mol. The van der Waals surface area contributed by atoms with Gasteiger partial charge in [0.15, 0.2) is 5.25 Å². The number of carbonyl (C=O) groups excluding carboxylic acids is 2. The Balaban J connectivity index is 2.58. The van der Waals surface area contributed by atoms with E-state index >= 15 is 0 Å². The van der Waals surface area contributed by atoms with Gasteiger partial charge in [-0.25, -0.2) is 0 Å². The zero-order valence-corrected chi connectivity index (χ0v) is 10.6. The zero-order chi connectivity index (χ0) is 13.1. The van der Waals surface area contributed by atoms with Gasteiger partial charge in [0.2, 0.25) is 5.91 Å². The Labute approximate surface area is 101 Å². The maximum Gasteiger partial charge on any atom is 0.277 e. The quantitative estimate of drug-likeness (QED) is 0.430. The maximum atomic E-state index is 11.6. The number of unbranched alkanes of at least 4 members (excludes halogenated alkanes) is 3. The standard InChI is InChI=1S/C10H17NO5S/c1-2-3-4-5-6-11-9(12)7-8(10(11)13)17(14,15)16/h8H,2-7H2,1H3,(H,14,15,16). The average molecular weight is 263 g/mol. The lowest BCUT2D eigenvalue weighted by atomic mass is 10.2. The number of nitrogens with zero attached hydrogens (tertiary/aromatic N) is 1. The molecule has 0 aromatic heterocycles. The Hall–Kier alpha value is -0.950. The van der Waals surface area contributed by atoms with E-state index in [1.807, 2.05) is 6.92 Å². The summed E-state index contributed by atoms with van der Waals surface area (Å²) in [4.78, 5) is 24.0. The van der Waals surface area contributed by atoms with Crippen molar-refractivity contribution in [3.8, 4) is 0 Å².